The van der Waals surface area contributed by atoms with Crippen molar-refractivity contribution in [1.82, 2.24) is 4.72 Å². The van der Waals surface area contributed by atoms with Gasteiger partial charge in [0.05, 0.1) is 19.8 Å². The highest BCUT2D eigenvalue weighted by Gasteiger charge is 2.43. The summed E-state index contributed by atoms with van der Waals surface area (Å²) >= 11 is 0. The maximum Gasteiger partial charge on any atom is 0.244 e. The van der Waals surface area contributed by atoms with Gasteiger partial charge >= 0.3 is 0 Å². The molecule has 0 unspecified atom stereocenters. The van der Waals surface area contributed by atoms with Gasteiger partial charge in [-0.2, -0.15) is 0 Å². The van der Waals surface area contributed by atoms with Gasteiger partial charge in [0.25, 0.3) is 0 Å². The Morgan fingerprint density at radius 1 is 1.39 bits per heavy atom. The monoisotopic (exact) mass is 345 g/mol. The lowest BCUT2D eigenvalue weighted by Crippen LogP contribution is -2.35. The molecule has 1 aliphatic heterocycles. The molecule has 1 aliphatic carbocycles. The number of rotatable bonds is 5. The van der Waals surface area contributed by atoms with Gasteiger partial charge in [0.1, 0.15) is 16.5 Å². The van der Waals surface area contributed by atoms with Crippen LogP contribution in [-0.2, 0) is 19.5 Å². The zero-order valence-corrected chi connectivity index (χ0v) is 13.7. The van der Waals surface area contributed by atoms with Crippen LogP contribution in [0.25, 0.3) is 0 Å². The van der Waals surface area contributed by atoms with Crippen LogP contribution in [0.3, 0.4) is 0 Å². The van der Waals surface area contributed by atoms with Gasteiger partial charge in [-0.05, 0) is 31.0 Å². The molecule has 8 heteroatoms. The number of hydrogen-bond donors (Lipinski definition) is 1. The van der Waals surface area contributed by atoms with Gasteiger partial charge in [-0.1, -0.05) is 0 Å². The standard InChI is InChI=1S/C15H20FNO5S/c1-20-13-5-4-11(16)8-14(13)23(18,19)17-9-12-10-21-15(22-12)6-2-3-7-15/h4-5,8,12,17H,2-3,6-7,9-10H2,1H3/t12-/m1/s1. The molecule has 1 aromatic rings. The van der Waals surface area contributed by atoms with E-state index in [0.717, 1.165) is 37.8 Å². The number of methoxy groups -OCH3 is 1. The summed E-state index contributed by atoms with van der Waals surface area (Å²) in [6.07, 6.45) is 3.45. The second kappa shape index (κ2) is 6.35. The highest BCUT2D eigenvalue weighted by atomic mass is 32.2. The van der Waals surface area contributed by atoms with Crippen LogP contribution < -0.4 is 9.46 Å². The minimum atomic E-state index is -3.90. The maximum atomic E-state index is 13.4. The maximum absolute atomic E-state index is 13.4. The summed E-state index contributed by atoms with van der Waals surface area (Å²) in [5, 5.41) is 0. The van der Waals surface area contributed by atoms with E-state index in [-0.39, 0.29) is 23.3 Å². The van der Waals surface area contributed by atoms with Gasteiger partial charge in [-0.25, -0.2) is 17.5 Å². The molecular weight excluding hydrogens is 325 g/mol. The fourth-order valence-electron chi connectivity index (χ4n) is 3.03. The first-order chi connectivity index (χ1) is 10.9. The number of sulfonamides is 1. The van der Waals surface area contributed by atoms with E-state index in [9.17, 15) is 12.8 Å². The molecule has 23 heavy (non-hydrogen) atoms. The molecule has 0 bridgehead atoms. The molecule has 1 saturated heterocycles. The lowest BCUT2D eigenvalue weighted by Gasteiger charge is -2.22. The first-order valence-electron chi connectivity index (χ1n) is 7.59. The molecule has 2 fully saturated rings. The zero-order valence-electron chi connectivity index (χ0n) is 12.9. The highest BCUT2D eigenvalue weighted by molar-refractivity contribution is 7.89. The normalized spacial score (nSPS) is 23.5. The Hall–Kier alpha value is -1.22. The molecule has 1 atom stereocenters. The Kier molecular flexibility index (Phi) is 4.59. The highest BCUT2D eigenvalue weighted by Crippen LogP contribution is 2.39. The largest absolute Gasteiger partial charge is 0.495 e. The van der Waals surface area contributed by atoms with E-state index >= 15 is 0 Å². The third-order valence-electron chi connectivity index (χ3n) is 4.20. The van der Waals surface area contributed by atoms with Crippen molar-refractivity contribution in [2.75, 3.05) is 20.3 Å². The minimum absolute atomic E-state index is 0.0732. The smallest absolute Gasteiger partial charge is 0.244 e. The predicted molar refractivity (Wildman–Crippen MR) is 80.2 cm³/mol. The zero-order chi connectivity index (χ0) is 16.5. The molecule has 1 N–H and O–H groups in total. The van der Waals surface area contributed by atoms with Gasteiger partial charge in [0.2, 0.25) is 10.0 Å². The molecule has 0 aromatic heterocycles. The Morgan fingerprint density at radius 2 is 2.13 bits per heavy atom. The summed E-state index contributed by atoms with van der Waals surface area (Å²) in [4.78, 5) is -0.227. The Bertz CT molecular complexity index is 672. The van der Waals surface area contributed by atoms with Gasteiger partial charge < -0.3 is 14.2 Å². The van der Waals surface area contributed by atoms with Crippen molar-refractivity contribution in [3.63, 3.8) is 0 Å². The Balaban J connectivity index is 1.67. The molecule has 1 aromatic carbocycles. The molecule has 1 spiro atoms. The topological polar surface area (TPSA) is 73.9 Å². The third kappa shape index (κ3) is 3.50. The van der Waals surface area contributed by atoms with E-state index in [1.54, 1.807) is 0 Å². The van der Waals surface area contributed by atoms with Crippen LogP contribution in [0.1, 0.15) is 25.7 Å². The fourth-order valence-corrected chi connectivity index (χ4v) is 4.28. The van der Waals surface area contributed by atoms with Gasteiger partial charge in [-0.15, -0.1) is 0 Å². The van der Waals surface area contributed by atoms with Gasteiger partial charge in [0, 0.05) is 19.4 Å². The summed E-state index contributed by atoms with van der Waals surface area (Å²) in [6.45, 7) is 0.423. The van der Waals surface area contributed by atoms with Crippen molar-refractivity contribution >= 4 is 10.0 Å². The quantitative estimate of drug-likeness (QED) is 0.881. The minimum Gasteiger partial charge on any atom is -0.495 e. The van der Waals surface area contributed by atoms with Crippen molar-refractivity contribution in [3.05, 3.63) is 24.0 Å². The molecule has 3 rings (SSSR count). The SMILES string of the molecule is COc1ccc(F)cc1S(=O)(=O)NC[C@@H]1COC2(CCCC2)O1. The van der Waals surface area contributed by atoms with Crippen LogP contribution in [0.15, 0.2) is 23.1 Å². The van der Waals surface area contributed by atoms with E-state index in [4.69, 9.17) is 14.2 Å². The van der Waals surface area contributed by atoms with Crippen molar-refractivity contribution in [3.8, 4) is 5.75 Å². The number of hydrogen-bond acceptors (Lipinski definition) is 5. The average molecular weight is 345 g/mol. The van der Waals surface area contributed by atoms with E-state index in [2.05, 4.69) is 4.72 Å². The lowest BCUT2D eigenvalue weighted by molar-refractivity contribution is -0.160. The summed E-state index contributed by atoms with van der Waals surface area (Å²) in [7, 11) is -2.56. The third-order valence-corrected chi connectivity index (χ3v) is 5.64. The average Bonchev–Trinajstić information content (AvgIpc) is 3.16. The number of nitrogens with one attached hydrogen (secondary N) is 1. The molecular formula is C15H20FNO5S. The Morgan fingerprint density at radius 3 is 2.83 bits per heavy atom. The second-order valence-electron chi connectivity index (χ2n) is 5.82. The molecule has 128 valence electrons. The summed E-state index contributed by atoms with van der Waals surface area (Å²) in [6, 6.07) is 3.37. The number of halogens is 1. The van der Waals surface area contributed by atoms with Crippen LogP contribution >= 0.6 is 0 Å². The van der Waals surface area contributed by atoms with Crippen LogP contribution in [0.4, 0.5) is 4.39 Å². The van der Waals surface area contributed by atoms with Crippen LogP contribution in [0.2, 0.25) is 0 Å². The molecule has 1 heterocycles. The van der Waals surface area contributed by atoms with Gasteiger partial charge in [0.15, 0.2) is 5.79 Å². The van der Waals surface area contributed by atoms with Crippen LogP contribution in [-0.4, -0.2) is 40.6 Å². The fraction of sp³-hybridized carbons (Fsp3) is 0.600. The van der Waals surface area contributed by atoms with E-state index in [0.29, 0.717) is 6.61 Å². The first-order valence-corrected chi connectivity index (χ1v) is 9.07. The first kappa shape index (κ1) is 16.6. The summed E-state index contributed by atoms with van der Waals surface area (Å²) in [5.74, 6) is -1.08. The van der Waals surface area contributed by atoms with Crippen molar-refractivity contribution in [2.24, 2.45) is 0 Å². The van der Waals surface area contributed by atoms with Crippen LogP contribution in [0.5, 0.6) is 5.75 Å². The summed E-state index contributed by atoms with van der Waals surface area (Å²) in [5.41, 5.74) is 0. The number of benzene rings is 1. The molecule has 1 saturated carbocycles. The second-order valence-corrected chi connectivity index (χ2v) is 7.55. The number of ether oxygens (including phenoxy) is 3. The van der Waals surface area contributed by atoms with Crippen LogP contribution in [0, 0.1) is 5.82 Å². The van der Waals surface area contributed by atoms with Crippen molar-refractivity contribution < 1.29 is 27.0 Å². The Labute approximate surface area is 135 Å². The predicted octanol–water partition coefficient (Wildman–Crippen LogP) is 1.80. The molecule has 0 radical (unpaired) electrons. The van der Waals surface area contributed by atoms with E-state index in [1.165, 1.54) is 13.2 Å². The molecule has 0 amide bonds. The van der Waals surface area contributed by atoms with E-state index < -0.39 is 21.6 Å². The lowest BCUT2D eigenvalue weighted by atomic mass is 10.2. The van der Waals surface area contributed by atoms with Crippen molar-refractivity contribution in [1.29, 1.82) is 0 Å². The van der Waals surface area contributed by atoms with Gasteiger partial charge in [-0.3, -0.25) is 0 Å². The van der Waals surface area contributed by atoms with Crippen molar-refractivity contribution in [2.45, 2.75) is 42.5 Å². The molecule has 2 aliphatic rings. The summed E-state index contributed by atoms with van der Waals surface area (Å²) < 4.78 is 57.1. The van der Waals surface area contributed by atoms with E-state index in [1.807, 2.05) is 0 Å². The molecule has 6 nitrogen and oxygen atoms in total.